The van der Waals surface area contributed by atoms with Gasteiger partial charge in [0.2, 0.25) is 0 Å². The molecule has 136 valence electrons. The van der Waals surface area contributed by atoms with Crippen molar-refractivity contribution in [2.45, 2.75) is 43.1 Å². The number of methoxy groups -OCH3 is 1. The van der Waals surface area contributed by atoms with Gasteiger partial charge in [-0.2, -0.15) is 0 Å². The second-order valence-corrected chi connectivity index (χ2v) is 7.19. The molecule has 0 aromatic carbocycles. The van der Waals surface area contributed by atoms with Crippen molar-refractivity contribution in [1.82, 2.24) is 14.8 Å². The van der Waals surface area contributed by atoms with Crippen LogP contribution in [-0.2, 0) is 17.0 Å². The molecule has 1 saturated carbocycles. The van der Waals surface area contributed by atoms with E-state index < -0.39 is 0 Å². The number of thioether (sulfide) groups is 1. The van der Waals surface area contributed by atoms with Crippen LogP contribution < -0.4 is 0 Å². The number of furan rings is 2. The maximum absolute atomic E-state index is 11.7. The van der Waals surface area contributed by atoms with Crippen molar-refractivity contribution in [3.8, 4) is 0 Å². The molecule has 1 aliphatic carbocycles. The van der Waals surface area contributed by atoms with Crippen molar-refractivity contribution in [2.24, 2.45) is 0 Å². The summed E-state index contributed by atoms with van der Waals surface area (Å²) in [4.78, 5) is 11.7. The first-order valence-electron chi connectivity index (χ1n) is 8.41. The average Bonchev–Trinajstić information content (AvgIpc) is 3.04. The molecule has 26 heavy (non-hydrogen) atoms. The molecule has 4 rings (SSSR count). The highest BCUT2D eigenvalue weighted by Crippen LogP contribution is 2.40. The first kappa shape index (κ1) is 17.0. The summed E-state index contributed by atoms with van der Waals surface area (Å²) < 4.78 is 18.0. The second-order valence-electron chi connectivity index (χ2n) is 6.24. The Hall–Kier alpha value is -2.48. The SMILES string of the molecule is COC(=O)c1cc(CSc2nnc(C3CC3)n2Cc2ccco2)oc1C. The average molecular weight is 373 g/mol. The molecule has 7 nitrogen and oxygen atoms in total. The van der Waals surface area contributed by atoms with Crippen molar-refractivity contribution < 1.29 is 18.4 Å². The van der Waals surface area contributed by atoms with Gasteiger partial charge in [0.1, 0.15) is 28.7 Å². The normalized spacial score (nSPS) is 13.9. The van der Waals surface area contributed by atoms with Gasteiger partial charge in [-0.3, -0.25) is 4.57 Å². The van der Waals surface area contributed by atoms with E-state index in [1.165, 1.54) is 18.9 Å². The minimum Gasteiger partial charge on any atom is -0.467 e. The molecule has 3 aromatic heterocycles. The summed E-state index contributed by atoms with van der Waals surface area (Å²) in [6.45, 7) is 2.36. The number of ether oxygens (including phenoxy) is 1. The molecule has 0 saturated heterocycles. The Morgan fingerprint density at radius 1 is 1.38 bits per heavy atom. The maximum atomic E-state index is 11.7. The van der Waals surface area contributed by atoms with Crippen LogP contribution in [0.5, 0.6) is 0 Å². The number of hydrogen-bond donors (Lipinski definition) is 0. The van der Waals surface area contributed by atoms with Crippen LogP contribution in [0.2, 0.25) is 0 Å². The van der Waals surface area contributed by atoms with Crippen molar-refractivity contribution in [3.63, 3.8) is 0 Å². The fourth-order valence-corrected chi connectivity index (χ4v) is 3.65. The molecule has 0 atom stereocenters. The Kier molecular flexibility index (Phi) is 4.58. The Morgan fingerprint density at radius 2 is 2.23 bits per heavy atom. The van der Waals surface area contributed by atoms with Gasteiger partial charge in [-0.15, -0.1) is 10.2 Å². The summed E-state index contributed by atoms with van der Waals surface area (Å²) in [5, 5.41) is 9.55. The molecule has 0 bridgehead atoms. The lowest BCUT2D eigenvalue weighted by Gasteiger charge is -2.07. The van der Waals surface area contributed by atoms with Crippen LogP contribution in [0.4, 0.5) is 0 Å². The number of carbonyl (C=O) groups is 1. The largest absolute Gasteiger partial charge is 0.467 e. The quantitative estimate of drug-likeness (QED) is 0.460. The zero-order valence-corrected chi connectivity index (χ0v) is 15.4. The standard InChI is InChI=1S/C18H19N3O4S/c1-11-15(17(22)23-2)8-14(25-11)10-26-18-20-19-16(12-5-6-12)21(18)9-13-4-3-7-24-13/h3-4,7-8,12H,5-6,9-10H2,1-2H3. The van der Waals surface area contributed by atoms with Gasteiger partial charge in [-0.1, -0.05) is 11.8 Å². The van der Waals surface area contributed by atoms with Crippen LogP contribution in [0.3, 0.4) is 0 Å². The van der Waals surface area contributed by atoms with Gasteiger partial charge >= 0.3 is 5.97 Å². The van der Waals surface area contributed by atoms with Crippen LogP contribution in [0, 0.1) is 6.92 Å². The van der Waals surface area contributed by atoms with E-state index in [4.69, 9.17) is 13.6 Å². The number of aryl methyl sites for hydroxylation is 1. The number of hydrogen-bond acceptors (Lipinski definition) is 7. The summed E-state index contributed by atoms with van der Waals surface area (Å²) in [6, 6.07) is 5.55. The van der Waals surface area contributed by atoms with Crippen LogP contribution in [0.15, 0.2) is 38.5 Å². The third kappa shape index (κ3) is 3.41. The molecule has 0 spiro atoms. The summed E-state index contributed by atoms with van der Waals surface area (Å²) in [5.74, 6) is 3.79. The van der Waals surface area contributed by atoms with Gasteiger partial charge in [-0.05, 0) is 38.0 Å². The van der Waals surface area contributed by atoms with E-state index in [0.29, 0.717) is 35.3 Å². The van der Waals surface area contributed by atoms with Gasteiger partial charge in [-0.25, -0.2) is 4.79 Å². The summed E-state index contributed by atoms with van der Waals surface area (Å²) in [5.41, 5.74) is 0.457. The highest BCUT2D eigenvalue weighted by atomic mass is 32.2. The molecular weight excluding hydrogens is 354 g/mol. The second kappa shape index (κ2) is 7.03. The molecule has 3 aromatic rings. The van der Waals surface area contributed by atoms with Crippen LogP contribution >= 0.6 is 11.8 Å². The number of nitrogens with zero attached hydrogens (tertiary/aromatic N) is 3. The molecule has 0 radical (unpaired) electrons. The molecule has 8 heteroatoms. The number of rotatable bonds is 7. The summed E-state index contributed by atoms with van der Waals surface area (Å²) in [6.07, 6.45) is 3.98. The third-order valence-corrected chi connectivity index (χ3v) is 5.29. The predicted octanol–water partition coefficient (Wildman–Crippen LogP) is 3.78. The van der Waals surface area contributed by atoms with E-state index in [1.807, 2.05) is 12.1 Å². The van der Waals surface area contributed by atoms with Crippen molar-refractivity contribution in [2.75, 3.05) is 7.11 Å². The fraction of sp³-hybridized carbons (Fsp3) is 0.389. The highest BCUT2D eigenvalue weighted by Gasteiger charge is 2.30. The lowest BCUT2D eigenvalue weighted by molar-refractivity contribution is 0.0599. The Labute approximate surface area is 154 Å². The maximum Gasteiger partial charge on any atom is 0.341 e. The summed E-state index contributed by atoms with van der Waals surface area (Å²) >= 11 is 1.53. The zero-order chi connectivity index (χ0) is 18.1. The zero-order valence-electron chi connectivity index (χ0n) is 14.6. The minimum atomic E-state index is -0.389. The molecular formula is C18H19N3O4S. The molecule has 0 N–H and O–H groups in total. The van der Waals surface area contributed by atoms with Crippen molar-refractivity contribution in [1.29, 1.82) is 0 Å². The first-order chi connectivity index (χ1) is 12.7. The molecule has 1 fully saturated rings. The van der Waals surface area contributed by atoms with Crippen molar-refractivity contribution in [3.05, 3.63) is 53.1 Å². The van der Waals surface area contributed by atoms with E-state index in [2.05, 4.69) is 14.8 Å². The van der Waals surface area contributed by atoms with Gasteiger partial charge < -0.3 is 13.6 Å². The van der Waals surface area contributed by atoms with E-state index in [-0.39, 0.29) is 5.97 Å². The van der Waals surface area contributed by atoms with E-state index >= 15 is 0 Å². The van der Waals surface area contributed by atoms with Crippen LogP contribution in [0.25, 0.3) is 0 Å². The van der Waals surface area contributed by atoms with Gasteiger partial charge in [0, 0.05) is 5.92 Å². The fourth-order valence-electron chi connectivity index (χ4n) is 2.82. The molecule has 0 unspecified atom stereocenters. The topological polar surface area (TPSA) is 83.3 Å². The Morgan fingerprint density at radius 3 is 2.92 bits per heavy atom. The molecule has 1 aliphatic rings. The lowest BCUT2D eigenvalue weighted by Crippen LogP contribution is -2.05. The van der Waals surface area contributed by atoms with Crippen LogP contribution in [0.1, 0.15) is 52.2 Å². The van der Waals surface area contributed by atoms with E-state index in [0.717, 1.165) is 29.6 Å². The highest BCUT2D eigenvalue weighted by molar-refractivity contribution is 7.98. The van der Waals surface area contributed by atoms with Gasteiger partial charge in [0.15, 0.2) is 5.16 Å². The van der Waals surface area contributed by atoms with E-state index in [9.17, 15) is 4.79 Å². The third-order valence-electron chi connectivity index (χ3n) is 4.30. The van der Waals surface area contributed by atoms with Crippen LogP contribution in [-0.4, -0.2) is 27.8 Å². The van der Waals surface area contributed by atoms with Gasteiger partial charge in [0.25, 0.3) is 0 Å². The Balaban J connectivity index is 1.52. The van der Waals surface area contributed by atoms with Crippen molar-refractivity contribution >= 4 is 17.7 Å². The minimum absolute atomic E-state index is 0.389. The predicted molar refractivity (Wildman–Crippen MR) is 94.2 cm³/mol. The number of aromatic nitrogens is 3. The molecule has 3 heterocycles. The lowest BCUT2D eigenvalue weighted by atomic mass is 10.2. The Bertz CT molecular complexity index is 909. The monoisotopic (exact) mass is 373 g/mol. The molecule has 0 aliphatic heterocycles. The number of esters is 1. The summed E-state index contributed by atoms with van der Waals surface area (Å²) in [7, 11) is 1.36. The number of carbonyl (C=O) groups excluding carboxylic acids is 1. The van der Waals surface area contributed by atoms with E-state index in [1.54, 1.807) is 19.3 Å². The molecule has 0 amide bonds. The van der Waals surface area contributed by atoms with Gasteiger partial charge in [0.05, 0.1) is 25.7 Å². The first-order valence-corrected chi connectivity index (χ1v) is 9.40. The smallest absolute Gasteiger partial charge is 0.341 e.